The van der Waals surface area contributed by atoms with Gasteiger partial charge in [-0.05, 0) is 24.8 Å². The molecule has 1 aromatic rings. The summed E-state index contributed by atoms with van der Waals surface area (Å²) < 4.78 is 5.72. The van der Waals surface area contributed by atoms with Crippen molar-refractivity contribution in [1.82, 2.24) is 0 Å². The van der Waals surface area contributed by atoms with Gasteiger partial charge < -0.3 is 4.74 Å². The number of fused-ring (bicyclic) bond motifs is 1. The molecule has 0 spiro atoms. The third kappa shape index (κ3) is 2.60. The Hall–Kier alpha value is -0.500. The molecule has 2 heteroatoms. The number of alkyl halides is 1. The van der Waals surface area contributed by atoms with Crippen molar-refractivity contribution in [3.05, 3.63) is 29.8 Å². The number of rotatable bonds is 5. The Balaban J connectivity index is 2.02. The van der Waals surface area contributed by atoms with Gasteiger partial charge in [0, 0.05) is 16.8 Å². The standard InChI is InChI=1S/C14H19BrO/c1-2-5-11(9-15)8-12-10-16-14-7-4-3-6-13(12)14/h3-4,6-7,11-12H,2,5,8-10H2,1H3. The highest BCUT2D eigenvalue weighted by molar-refractivity contribution is 9.09. The van der Waals surface area contributed by atoms with E-state index >= 15 is 0 Å². The Morgan fingerprint density at radius 2 is 2.25 bits per heavy atom. The molecule has 1 aliphatic rings. The van der Waals surface area contributed by atoms with Crippen LogP contribution in [0.4, 0.5) is 0 Å². The minimum absolute atomic E-state index is 0.602. The van der Waals surface area contributed by atoms with Crippen LogP contribution in [-0.4, -0.2) is 11.9 Å². The lowest BCUT2D eigenvalue weighted by Crippen LogP contribution is -2.10. The molecule has 16 heavy (non-hydrogen) atoms. The smallest absolute Gasteiger partial charge is 0.122 e. The van der Waals surface area contributed by atoms with Crippen molar-refractivity contribution < 1.29 is 4.74 Å². The summed E-state index contributed by atoms with van der Waals surface area (Å²) in [5.41, 5.74) is 1.41. The third-order valence-corrected chi connectivity index (χ3v) is 4.25. The maximum Gasteiger partial charge on any atom is 0.122 e. The van der Waals surface area contributed by atoms with E-state index in [1.807, 2.05) is 0 Å². The van der Waals surface area contributed by atoms with Crippen LogP contribution in [0.1, 0.15) is 37.7 Å². The summed E-state index contributed by atoms with van der Waals surface area (Å²) in [4.78, 5) is 0. The molecule has 0 aliphatic carbocycles. The molecule has 0 saturated heterocycles. The van der Waals surface area contributed by atoms with Gasteiger partial charge in [0.25, 0.3) is 0 Å². The highest BCUT2D eigenvalue weighted by Gasteiger charge is 2.25. The molecule has 1 heterocycles. The number of halogens is 1. The predicted molar refractivity (Wildman–Crippen MR) is 71.5 cm³/mol. The molecule has 0 saturated carbocycles. The molecule has 0 fully saturated rings. The van der Waals surface area contributed by atoms with Crippen LogP contribution in [0, 0.1) is 5.92 Å². The summed E-state index contributed by atoms with van der Waals surface area (Å²) in [5.74, 6) is 2.48. The van der Waals surface area contributed by atoms with Crippen LogP contribution >= 0.6 is 15.9 Å². The molecule has 2 atom stereocenters. The van der Waals surface area contributed by atoms with E-state index < -0.39 is 0 Å². The van der Waals surface area contributed by atoms with Crippen LogP contribution in [0.15, 0.2) is 24.3 Å². The maximum atomic E-state index is 5.72. The van der Waals surface area contributed by atoms with E-state index in [1.165, 1.54) is 24.8 Å². The Labute approximate surface area is 106 Å². The molecule has 0 bridgehead atoms. The molecular weight excluding hydrogens is 264 g/mol. The monoisotopic (exact) mass is 282 g/mol. The van der Waals surface area contributed by atoms with Gasteiger partial charge >= 0.3 is 0 Å². The first kappa shape index (κ1) is 12.0. The Bertz CT molecular complexity index is 337. The highest BCUT2D eigenvalue weighted by Crippen LogP contribution is 2.38. The van der Waals surface area contributed by atoms with E-state index in [0.29, 0.717) is 5.92 Å². The van der Waals surface area contributed by atoms with Gasteiger partial charge in [-0.1, -0.05) is 47.5 Å². The Kier molecular flexibility index (Phi) is 4.28. The first-order chi connectivity index (χ1) is 7.85. The van der Waals surface area contributed by atoms with Crippen molar-refractivity contribution in [3.8, 4) is 5.75 Å². The van der Waals surface area contributed by atoms with E-state index in [2.05, 4.69) is 47.1 Å². The van der Waals surface area contributed by atoms with E-state index in [4.69, 9.17) is 4.74 Å². The second kappa shape index (κ2) is 5.72. The van der Waals surface area contributed by atoms with Gasteiger partial charge in [0.15, 0.2) is 0 Å². The van der Waals surface area contributed by atoms with E-state index in [-0.39, 0.29) is 0 Å². The molecule has 0 amide bonds. The van der Waals surface area contributed by atoms with Crippen molar-refractivity contribution in [1.29, 1.82) is 0 Å². The topological polar surface area (TPSA) is 9.23 Å². The largest absolute Gasteiger partial charge is 0.493 e. The SMILES string of the molecule is CCCC(CBr)CC1COc2ccccc21. The van der Waals surface area contributed by atoms with Gasteiger partial charge in [-0.2, -0.15) is 0 Å². The quantitative estimate of drug-likeness (QED) is 0.729. The van der Waals surface area contributed by atoms with Crippen molar-refractivity contribution in [3.63, 3.8) is 0 Å². The summed E-state index contributed by atoms with van der Waals surface area (Å²) in [6.07, 6.45) is 3.82. The lowest BCUT2D eigenvalue weighted by atomic mass is 9.89. The molecular formula is C14H19BrO. The molecule has 0 radical (unpaired) electrons. The fourth-order valence-electron chi connectivity index (χ4n) is 2.49. The zero-order valence-corrected chi connectivity index (χ0v) is 11.4. The molecule has 2 rings (SSSR count). The van der Waals surface area contributed by atoms with Gasteiger partial charge in [0.05, 0.1) is 6.61 Å². The number of para-hydroxylation sites is 1. The molecule has 1 nitrogen and oxygen atoms in total. The summed E-state index contributed by atoms with van der Waals surface area (Å²) in [5, 5.41) is 1.11. The van der Waals surface area contributed by atoms with Crippen LogP contribution in [-0.2, 0) is 0 Å². The van der Waals surface area contributed by atoms with Crippen LogP contribution < -0.4 is 4.74 Å². The molecule has 1 aromatic carbocycles. The van der Waals surface area contributed by atoms with Crippen LogP contribution in [0.25, 0.3) is 0 Å². The Morgan fingerprint density at radius 1 is 1.44 bits per heavy atom. The van der Waals surface area contributed by atoms with Crippen molar-refractivity contribution in [2.24, 2.45) is 5.92 Å². The summed E-state index contributed by atoms with van der Waals surface area (Å²) in [6, 6.07) is 8.46. The minimum Gasteiger partial charge on any atom is -0.493 e. The first-order valence-electron chi connectivity index (χ1n) is 6.12. The average molecular weight is 283 g/mol. The predicted octanol–water partition coefficient (Wildman–Crippen LogP) is 4.36. The third-order valence-electron chi connectivity index (χ3n) is 3.33. The minimum atomic E-state index is 0.602. The zero-order valence-electron chi connectivity index (χ0n) is 9.79. The molecule has 2 unspecified atom stereocenters. The van der Waals surface area contributed by atoms with Crippen molar-refractivity contribution >= 4 is 15.9 Å². The fraction of sp³-hybridized carbons (Fsp3) is 0.571. The van der Waals surface area contributed by atoms with Gasteiger partial charge in [0.1, 0.15) is 5.75 Å². The molecule has 1 aliphatic heterocycles. The average Bonchev–Trinajstić information content (AvgIpc) is 2.72. The zero-order chi connectivity index (χ0) is 11.4. The van der Waals surface area contributed by atoms with Crippen LogP contribution in [0.3, 0.4) is 0 Å². The fourth-order valence-corrected chi connectivity index (χ4v) is 3.08. The van der Waals surface area contributed by atoms with Crippen molar-refractivity contribution in [2.45, 2.75) is 32.1 Å². The second-order valence-corrected chi connectivity index (χ2v) is 5.24. The summed E-state index contributed by atoms with van der Waals surface area (Å²) in [6.45, 7) is 3.13. The van der Waals surface area contributed by atoms with Gasteiger partial charge in [-0.25, -0.2) is 0 Å². The number of ether oxygens (including phenoxy) is 1. The van der Waals surface area contributed by atoms with Gasteiger partial charge in [-0.3, -0.25) is 0 Å². The van der Waals surface area contributed by atoms with E-state index in [1.54, 1.807) is 0 Å². The summed E-state index contributed by atoms with van der Waals surface area (Å²) >= 11 is 3.62. The second-order valence-electron chi connectivity index (χ2n) is 4.59. The van der Waals surface area contributed by atoms with Gasteiger partial charge in [0.2, 0.25) is 0 Å². The van der Waals surface area contributed by atoms with Gasteiger partial charge in [-0.15, -0.1) is 0 Å². The number of hydrogen-bond acceptors (Lipinski definition) is 1. The van der Waals surface area contributed by atoms with E-state index in [9.17, 15) is 0 Å². The summed E-state index contributed by atoms with van der Waals surface area (Å²) in [7, 11) is 0. The van der Waals surface area contributed by atoms with Crippen LogP contribution in [0.5, 0.6) is 5.75 Å². The first-order valence-corrected chi connectivity index (χ1v) is 7.25. The lowest BCUT2D eigenvalue weighted by Gasteiger charge is -2.17. The maximum absolute atomic E-state index is 5.72. The normalized spacial score (nSPS) is 20.2. The van der Waals surface area contributed by atoms with E-state index in [0.717, 1.165) is 23.6 Å². The van der Waals surface area contributed by atoms with Crippen molar-refractivity contribution in [2.75, 3.05) is 11.9 Å². The Morgan fingerprint density at radius 3 is 3.00 bits per heavy atom. The number of hydrogen-bond donors (Lipinski definition) is 0. The molecule has 0 aromatic heterocycles. The molecule has 88 valence electrons. The number of benzene rings is 1. The highest BCUT2D eigenvalue weighted by atomic mass is 79.9. The molecule has 0 N–H and O–H groups in total. The lowest BCUT2D eigenvalue weighted by molar-refractivity contribution is 0.308. The van der Waals surface area contributed by atoms with Crippen LogP contribution in [0.2, 0.25) is 0 Å².